The van der Waals surface area contributed by atoms with Gasteiger partial charge in [0.15, 0.2) is 0 Å². The third kappa shape index (κ3) is 7.96. The fourth-order valence-electron chi connectivity index (χ4n) is 11.2. The van der Waals surface area contributed by atoms with Crippen LogP contribution in [0.5, 0.6) is 11.5 Å². The molecule has 15 heteroatoms. The molecule has 15 nitrogen and oxygen atoms in total. The molecule has 1 unspecified atom stereocenters. The highest BCUT2D eigenvalue weighted by atomic mass is 16.5. The zero-order valence-electron chi connectivity index (χ0n) is 37.8. The Balaban J connectivity index is 0.743. The van der Waals surface area contributed by atoms with Gasteiger partial charge in [-0.2, -0.15) is 5.26 Å². The van der Waals surface area contributed by atoms with E-state index in [2.05, 4.69) is 73.0 Å². The lowest BCUT2D eigenvalue weighted by molar-refractivity contribution is -0.163. The normalized spacial score (nSPS) is 24.9. The number of nitrogens with one attached hydrogen (secondary N) is 2. The number of carbonyl (C=O) groups excluding carboxylic acids is 5. The molecule has 4 fully saturated rings. The van der Waals surface area contributed by atoms with Crippen molar-refractivity contribution in [2.24, 2.45) is 16.7 Å². The number of aromatic nitrogens is 2. The summed E-state index contributed by atoms with van der Waals surface area (Å²) in [4.78, 5) is 79.2. The fourth-order valence-corrected chi connectivity index (χ4v) is 11.2. The first-order valence-electron chi connectivity index (χ1n) is 22.8. The number of imide groups is 2. The van der Waals surface area contributed by atoms with Crippen LogP contribution in [0.3, 0.4) is 0 Å². The van der Waals surface area contributed by atoms with E-state index < -0.39 is 29.7 Å². The summed E-state index contributed by atoms with van der Waals surface area (Å²) in [6.45, 7) is 15.6. The van der Waals surface area contributed by atoms with E-state index in [9.17, 15) is 29.2 Å². The number of nitriles is 1. The number of nitrogens with zero attached hydrogens (tertiary/aromatic N) is 6. The lowest BCUT2D eigenvalue weighted by Gasteiger charge is -2.63. The minimum absolute atomic E-state index is 0.0209. The zero-order valence-corrected chi connectivity index (χ0v) is 37.8. The van der Waals surface area contributed by atoms with Crippen LogP contribution in [0, 0.1) is 28.1 Å². The number of pyridine rings is 2. The maximum atomic E-state index is 13.7. The molecule has 2 aromatic carbocycles. The number of hydrogen-bond acceptors (Lipinski definition) is 12. The molecular formula is C50H56N8O7. The van der Waals surface area contributed by atoms with E-state index in [-0.39, 0.29) is 59.0 Å². The van der Waals surface area contributed by atoms with Crippen molar-refractivity contribution in [3.63, 3.8) is 0 Å². The van der Waals surface area contributed by atoms with Crippen LogP contribution in [-0.4, -0.2) is 105 Å². The summed E-state index contributed by atoms with van der Waals surface area (Å²) in [6, 6.07) is 17.8. The molecule has 2 N–H and O–H groups in total. The number of carbonyl (C=O) groups is 5. The zero-order chi connectivity index (χ0) is 45.9. The maximum absolute atomic E-state index is 13.7. The maximum Gasteiger partial charge on any atom is 0.262 e. The molecule has 4 aromatic rings. The van der Waals surface area contributed by atoms with Crippen LogP contribution in [0.2, 0.25) is 0 Å². The number of anilines is 1. The first-order valence-corrected chi connectivity index (χ1v) is 22.8. The molecule has 3 aliphatic heterocycles. The molecule has 2 saturated heterocycles. The second-order valence-electron chi connectivity index (χ2n) is 19.8. The Hall–Kier alpha value is -6.40. The number of benzene rings is 2. The molecule has 5 heterocycles. The Kier molecular flexibility index (Phi) is 11.4. The minimum Gasteiger partial charge on any atom is -0.490 e. The van der Waals surface area contributed by atoms with Crippen LogP contribution < -0.4 is 25.0 Å². The Morgan fingerprint density at radius 1 is 0.938 bits per heavy atom. The Bertz CT molecular complexity index is 2590. The molecule has 5 amide bonds. The molecule has 9 rings (SSSR count). The first-order chi connectivity index (χ1) is 31.0. The summed E-state index contributed by atoms with van der Waals surface area (Å²) >= 11 is 0. The van der Waals surface area contributed by atoms with E-state index in [1.165, 1.54) is 0 Å². The summed E-state index contributed by atoms with van der Waals surface area (Å²) in [5, 5.41) is 15.9. The SMILES string of the molecule is CC(C)N(CC1CCN(c2ccc(C(=O)N[C@H]3C(C)(C)[C@H](Oc4ccc(C#N)c5ncccc45)C3(C)C)cn2)CC1)[C@H]1C[C@@H](Oc2ccc3c(c2)C(=O)N(C2CCC(=O)NC2=O)C3=O)C1. The van der Waals surface area contributed by atoms with Crippen LogP contribution in [0.4, 0.5) is 5.82 Å². The van der Waals surface area contributed by atoms with Gasteiger partial charge in [0.1, 0.15) is 41.6 Å². The van der Waals surface area contributed by atoms with Crippen molar-refractivity contribution >= 4 is 46.3 Å². The summed E-state index contributed by atoms with van der Waals surface area (Å²) in [6.07, 6.45) is 7.06. The van der Waals surface area contributed by atoms with E-state index in [4.69, 9.17) is 14.5 Å². The van der Waals surface area contributed by atoms with Gasteiger partial charge in [-0.3, -0.25) is 44.1 Å². The number of hydrogen-bond donors (Lipinski definition) is 2. The Labute approximate surface area is 378 Å². The quantitative estimate of drug-likeness (QED) is 0.157. The van der Waals surface area contributed by atoms with Crippen LogP contribution >= 0.6 is 0 Å². The largest absolute Gasteiger partial charge is 0.490 e. The third-order valence-corrected chi connectivity index (χ3v) is 14.5. The molecule has 2 saturated carbocycles. The van der Waals surface area contributed by atoms with Gasteiger partial charge in [-0.05, 0) is 93.6 Å². The monoisotopic (exact) mass is 880 g/mol. The average molecular weight is 881 g/mol. The number of piperidine rings is 2. The summed E-state index contributed by atoms with van der Waals surface area (Å²) in [5.41, 5.74) is 1.29. The highest BCUT2D eigenvalue weighted by Crippen LogP contribution is 2.56. The summed E-state index contributed by atoms with van der Waals surface area (Å²) < 4.78 is 13.0. The predicted octanol–water partition coefficient (Wildman–Crippen LogP) is 6.05. The fraction of sp³-hybridized carbons (Fsp3) is 0.480. The van der Waals surface area contributed by atoms with Gasteiger partial charge in [0.25, 0.3) is 17.7 Å². The van der Waals surface area contributed by atoms with Gasteiger partial charge in [-0.15, -0.1) is 0 Å². The molecule has 2 aromatic heterocycles. The van der Waals surface area contributed by atoms with Crippen LogP contribution in [-0.2, 0) is 9.59 Å². The highest BCUT2D eigenvalue weighted by molar-refractivity contribution is 6.23. The van der Waals surface area contributed by atoms with Gasteiger partial charge < -0.3 is 19.7 Å². The number of rotatable bonds is 12. The topological polar surface area (TPSA) is 187 Å². The van der Waals surface area contributed by atoms with E-state index >= 15 is 0 Å². The molecule has 338 valence electrons. The number of amides is 5. The van der Waals surface area contributed by atoms with Crippen LogP contribution in [0.1, 0.15) is 117 Å². The number of fused-ring (bicyclic) bond motifs is 2. The van der Waals surface area contributed by atoms with Gasteiger partial charge in [0.05, 0.1) is 27.8 Å². The minimum atomic E-state index is -1.01. The predicted molar refractivity (Wildman–Crippen MR) is 241 cm³/mol. The van der Waals surface area contributed by atoms with Crippen molar-refractivity contribution in [3.05, 3.63) is 89.2 Å². The van der Waals surface area contributed by atoms with E-state index in [1.54, 1.807) is 36.7 Å². The molecule has 1 atom stereocenters. The lowest BCUT2D eigenvalue weighted by Crippen LogP contribution is -2.74. The first kappa shape index (κ1) is 43.8. The average Bonchev–Trinajstić information content (AvgIpc) is 3.52. The molecule has 0 spiro atoms. The van der Waals surface area contributed by atoms with Crippen molar-refractivity contribution in [2.45, 2.75) is 116 Å². The molecule has 65 heavy (non-hydrogen) atoms. The molecule has 0 radical (unpaired) electrons. The third-order valence-electron chi connectivity index (χ3n) is 14.5. The van der Waals surface area contributed by atoms with Crippen LogP contribution in [0.25, 0.3) is 10.9 Å². The Morgan fingerprint density at radius 3 is 2.35 bits per heavy atom. The van der Waals surface area contributed by atoms with E-state index in [0.717, 1.165) is 61.4 Å². The summed E-state index contributed by atoms with van der Waals surface area (Å²) in [5.74, 6) is 0.293. The highest BCUT2D eigenvalue weighted by Gasteiger charge is 2.64. The van der Waals surface area contributed by atoms with Crippen molar-refractivity contribution in [1.29, 1.82) is 5.26 Å². The number of ether oxygens (including phenoxy) is 2. The molecular weight excluding hydrogens is 825 g/mol. The van der Waals surface area contributed by atoms with Crippen molar-refractivity contribution in [1.82, 2.24) is 30.4 Å². The van der Waals surface area contributed by atoms with Gasteiger partial charge in [-0.1, -0.05) is 27.7 Å². The van der Waals surface area contributed by atoms with Crippen molar-refractivity contribution < 1.29 is 33.4 Å². The standard InChI is InChI=1S/C50H56N8O7/c1-28(2)57(32-22-34(23-32)64-33-11-12-35-37(24-33)46(63)58(45(35)62)38-13-16-41(59)54-44(38)61)27-29-17-20-56(21-18-29)40-15-10-31(26-53-40)43(60)55-47-49(3,4)48(50(47,5)6)65-39-14-9-30(25-51)42-36(39)8-7-19-52-42/h7-12,14-15,19,24,26,28-29,32,34,38,47-48H,13,16-18,20-23,27H2,1-6H3,(H,55,60)(H,54,59,61)/t32-,34+,38?,47-,48-. The second-order valence-corrected chi connectivity index (χ2v) is 19.8. The lowest BCUT2D eigenvalue weighted by atomic mass is 9.49. The molecule has 5 aliphatic rings. The van der Waals surface area contributed by atoms with E-state index in [1.807, 2.05) is 30.3 Å². The molecule has 2 aliphatic carbocycles. The smallest absolute Gasteiger partial charge is 0.262 e. The van der Waals surface area contributed by atoms with Gasteiger partial charge >= 0.3 is 0 Å². The van der Waals surface area contributed by atoms with Gasteiger partial charge in [-0.25, -0.2) is 4.98 Å². The van der Waals surface area contributed by atoms with E-state index in [0.29, 0.717) is 46.1 Å². The van der Waals surface area contributed by atoms with Gasteiger partial charge in [0.2, 0.25) is 11.8 Å². The Morgan fingerprint density at radius 2 is 1.68 bits per heavy atom. The second kappa shape index (κ2) is 16.9. The van der Waals surface area contributed by atoms with Gasteiger partial charge in [0, 0.05) is 85.6 Å². The molecule has 0 bridgehead atoms. The van der Waals surface area contributed by atoms with Crippen molar-refractivity contribution in [3.8, 4) is 17.6 Å². The summed E-state index contributed by atoms with van der Waals surface area (Å²) in [7, 11) is 0. The van der Waals surface area contributed by atoms with Crippen LogP contribution in [0.15, 0.2) is 67.0 Å². The van der Waals surface area contributed by atoms with Crippen molar-refractivity contribution in [2.75, 3.05) is 24.5 Å².